The van der Waals surface area contributed by atoms with E-state index in [1.165, 1.54) is 11.1 Å². The summed E-state index contributed by atoms with van der Waals surface area (Å²) in [4.78, 5) is 4.42. The van der Waals surface area contributed by atoms with Gasteiger partial charge >= 0.3 is 0 Å². The summed E-state index contributed by atoms with van der Waals surface area (Å²) in [7, 11) is 0. The Kier molecular flexibility index (Phi) is 6.61. The number of benzene rings is 3. The van der Waals surface area contributed by atoms with E-state index < -0.39 is 0 Å². The molecular weight excluding hydrogens is 334 g/mol. The molecule has 0 aliphatic heterocycles. The molecule has 0 spiro atoms. The van der Waals surface area contributed by atoms with E-state index in [-0.39, 0.29) is 0 Å². The van der Waals surface area contributed by atoms with Crippen LogP contribution in [-0.4, -0.2) is 5.96 Å². The normalized spacial score (nSPS) is 11.4. The van der Waals surface area contributed by atoms with E-state index in [0.717, 1.165) is 16.8 Å². The highest BCUT2D eigenvalue weighted by Crippen LogP contribution is 2.11. The fourth-order valence-electron chi connectivity index (χ4n) is 2.68. The smallest absolute Gasteiger partial charge is 0.193 e. The molecule has 3 aromatic rings. The van der Waals surface area contributed by atoms with E-state index in [9.17, 15) is 0 Å². The van der Waals surface area contributed by atoms with Gasteiger partial charge in [-0.25, -0.2) is 4.99 Å². The van der Waals surface area contributed by atoms with Gasteiger partial charge < -0.3 is 15.8 Å². The van der Waals surface area contributed by atoms with Gasteiger partial charge in [0.2, 0.25) is 0 Å². The van der Waals surface area contributed by atoms with Gasteiger partial charge in [0.25, 0.3) is 0 Å². The first-order chi connectivity index (χ1) is 13.2. The molecule has 0 bridgehead atoms. The molecular formula is C23H25N3O. The zero-order valence-electron chi connectivity index (χ0n) is 15.6. The van der Waals surface area contributed by atoms with Crippen molar-refractivity contribution < 1.29 is 4.74 Å². The van der Waals surface area contributed by atoms with Gasteiger partial charge in [0.05, 0.1) is 19.8 Å². The standard InChI is InChI=1S/C23H25N3O/c1-18-10-12-22(13-11-18)26-23(24)25-15-20-8-5-9-21(14-20)17-27-16-19-6-3-2-4-7-19/h2-14H,15-17H2,1H3,(H3,24,25,26). The van der Waals surface area contributed by atoms with Crippen LogP contribution in [0, 0.1) is 6.92 Å². The van der Waals surface area contributed by atoms with Crippen LogP contribution < -0.4 is 11.1 Å². The predicted octanol–water partition coefficient (Wildman–Crippen LogP) is 4.64. The Morgan fingerprint density at radius 1 is 0.852 bits per heavy atom. The maximum absolute atomic E-state index is 5.99. The van der Waals surface area contributed by atoms with Gasteiger partial charge in [-0.15, -0.1) is 0 Å². The van der Waals surface area contributed by atoms with Gasteiger partial charge in [-0.1, -0.05) is 72.3 Å². The number of aryl methyl sites for hydroxylation is 1. The van der Waals surface area contributed by atoms with Crippen LogP contribution in [0.3, 0.4) is 0 Å². The zero-order chi connectivity index (χ0) is 18.9. The number of aliphatic imine (C=N–C) groups is 1. The van der Waals surface area contributed by atoms with Gasteiger partial charge in [-0.2, -0.15) is 0 Å². The summed E-state index contributed by atoms with van der Waals surface area (Å²) in [5.41, 5.74) is 11.5. The number of nitrogens with one attached hydrogen (secondary N) is 1. The van der Waals surface area contributed by atoms with E-state index in [1.54, 1.807) is 0 Å². The lowest BCUT2D eigenvalue weighted by atomic mass is 10.1. The number of rotatable bonds is 7. The Balaban J connectivity index is 1.51. The summed E-state index contributed by atoms with van der Waals surface area (Å²) in [5, 5.41) is 3.11. The van der Waals surface area contributed by atoms with E-state index in [4.69, 9.17) is 10.5 Å². The average molecular weight is 359 g/mol. The second-order valence-corrected chi connectivity index (χ2v) is 6.49. The van der Waals surface area contributed by atoms with Crippen molar-refractivity contribution in [3.63, 3.8) is 0 Å². The van der Waals surface area contributed by atoms with E-state index in [2.05, 4.69) is 41.5 Å². The molecule has 0 aliphatic rings. The second kappa shape index (κ2) is 9.55. The molecule has 138 valence electrons. The number of hydrogen-bond donors (Lipinski definition) is 2. The molecule has 0 unspecified atom stereocenters. The quantitative estimate of drug-likeness (QED) is 0.477. The molecule has 4 nitrogen and oxygen atoms in total. The van der Waals surface area contributed by atoms with Crippen LogP contribution in [0.15, 0.2) is 83.9 Å². The molecule has 0 fully saturated rings. The lowest BCUT2D eigenvalue weighted by Gasteiger charge is -2.08. The molecule has 3 N–H and O–H groups in total. The third-order valence-electron chi connectivity index (χ3n) is 4.13. The maximum Gasteiger partial charge on any atom is 0.193 e. The third kappa shape index (κ3) is 6.28. The Bertz CT molecular complexity index is 874. The van der Waals surface area contributed by atoms with E-state index >= 15 is 0 Å². The number of nitrogens with two attached hydrogens (primary N) is 1. The predicted molar refractivity (Wildman–Crippen MR) is 112 cm³/mol. The molecule has 0 amide bonds. The molecule has 0 heterocycles. The fraction of sp³-hybridized carbons (Fsp3) is 0.174. The van der Waals surface area contributed by atoms with Crippen molar-refractivity contribution in [3.8, 4) is 0 Å². The highest BCUT2D eigenvalue weighted by Gasteiger charge is 1.99. The molecule has 4 heteroatoms. The lowest BCUT2D eigenvalue weighted by Crippen LogP contribution is -2.22. The summed E-state index contributed by atoms with van der Waals surface area (Å²) in [6.45, 7) is 3.76. The Labute approximate surface area is 160 Å². The zero-order valence-corrected chi connectivity index (χ0v) is 15.6. The van der Waals surface area contributed by atoms with Crippen LogP contribution in [0.1, 0.15) is 22.3 Å². The van der Waals surface area contributed by atoms with Crippen LogP contribution >= 0.6 is 0 Å². The summed E-state index contributed by atoms with van der Waals surface area (Å²) in [6.07, 6.45) is 0. The van der Waals surface area contributed by atoms with Crippen molar-refractivity contribution in [3.05, 3.63) is 101 Å². The van der Waals surface area contributed by atoms with Crippen molar-refractivity contribution in [2.75, 3.05) is 5.32 Å². The number of guanidine groups is 1. The summed E-state index contributed by atoms with van der Waals surface area (Å²) >= 11 is 0. The number of hydrogen-bond acceptors (Lipinski definition) is 2. The first-order valence-corrected chi connectivity index (χ1v) is 9.02. The molecule has 3 aromatic carbocycles. The van der Waals surface area contributed by atoms with Gasteiger partial charge in [0.15, 0.2) is 5.96 Å². The average Bonchev–Trinajstić information content (AvgIpc) is 2.69. The molecule has 3 rings (SSSR count). The van der Waals surface area contributed by atoms with Crippen molar-refractivity contribution in [1.82, 2.24) is 0 Å². The van der Waals surface area contributed by atoms with Crippen LogP contribution in [0.5, 0.6) is 0 Å². The van der Waals surface area contributed by atoms with Crippen molar-refractivity contribution >= 4 is 11.6 Å². The fourth-order valence-corrected chi connectivity index (χ4v) is 2.68. The summed E-state index contributed by atoms with van der Waals surface area (Å²) < 4.78 is 5.80. The topological polar surface area (TPSA) is 59.6 Å². The number of anilines is 1. The van der Waals surface area contributed by atoms with E-state index in [1.807, 2.05) is 54.6 Å². The van der Waals surface area contributed by atoms with E-state index in [0.29, 0.717) is 25.7 Å². The van der Waals surface area contributed by atoms with Crippen LogP contribution in [0.4, 0.5) is 5.69 Å². The van der Waals surface area contributed by atoms with Crippen molar-refractivity contribution in [2.45, 2.75) is 26.7 Å². The molecule has 0 radical (unpaired) electrons. The van der Waals surface area contributed by atoms with Crippen LogP contribution in [-0.2, 0) is 24.5 Å². The molecule has 27 heavy (non-hydrogen) atoms. The van der Waals surface area contributed by atoms with Crippen LogP contribution in [0.2, 0.25) is 0 Å². The highest BCUT2D eigenvalue weighted by atomic mass is 16.5. The Morgan fingerprint density at radius 2 is 1.52 bits per heavy atom. The largest absolute Gasteiger partial charge is 0.372 e. The third-order valence-corrected chi connectivity index (χ3v) is 4.13. The molecule has 0 aromatic heterocycles. The van der Waals surface area contributed by atoms with Gasteiger partial charge in [0, 0.05) is 5.69 Å². The van der Waals surface area contributed by atoms with Crippen molar-refractivity contribution in [2.24, 2.45) is 10.7 Å². The van der Waals surface area contributed by atoms with Crippen LogP contribution in [0.25, 0.3) is 0 Å². The molecule has 0 atom stereocenters. The molecule has 0 saturated carbocycles. The SMILES string of the molecule is Cc1ccc(NC(N)=NCc2cccc(COCc3ccccc3)c2)cc1. The first-order valence-electron chi connectivity index (χ1n) is 9.02. The minimum Gasteiger partial charge on any atom is -0.372 e. The minimum atomic E-state index is 0.407. The second-order valence-electron chi connectivity index (χ2n) is 6.49. The number of nitrogens with zero attached hydrogens (tertiary/aromatic N) is 1. The summed E-state index contributed by atoms with van der Waals surface area (Å²) in [6, 6.07) is 26.5. The number of ether oxygens (including phenoxy) is 1. The van der Waals surface area contributed by atoms with Crippen molar-refractivity contribution in [1.29, 1.82) is 0 Å². The Hall–Kier alpha value is -3.11. The molecule has 0 aliphatic carbocycles. The monoisotopic (exact) mass is 359 g/mol. The first kappa shape index (κ1) is 18.7. The highest BCUT2D eigenvalue weighted by molar-refractivity contribution is 5.92. The lowest BCUT2D eigenvalue weighted by molar-refractivity contribution is 0.107. The molecule has 0 saturated heterocycles. The minimum absolute atomic E-state index is 0.407. The van der Waals surface area contributed by atoms with Gasteiger partial charge in [-0.3, -0.25) is 0 Å². The summed E-state index contributed by atoms with van der Waals surface area (Å²) in [5.74, 6) is 0.407. The Morgan fingerprint density at radius 3 is 2.30 bits per heavy atom. The van der Waals surface area contributed by atoms with Gasteiger partial charge in [-0.05, 0) is 35.7 Å². The maximum atomic E-state index is 5.99. The van der Waals surface area contributed by atoms with Gasteiger partial charge in [0.1, 0.15) is 0 Å².